The van der Waals surface area contributed by atoms with Crippen LogP contribution in [0.4, 0.5) is 0 Å². The number of aromatic nitrogens is 2. The van der Waals surface area contributed by atoms with E-state index in [0.29, 0.717) is 6.04 Å². The van der Waals surface area contributed by atoms with Gasteiger partial charge in [-0.3, -0.25) is 4.68 Å². The minimum atomic E-state index is 0.186. The lowest BCUT2D eigenvalue weighted by molar-refractivity contribution is -0.141. The molecule has 1 aliphatic heterocycles. The summed E-state index contributed by atoms with van der Waals surface area (Å²) in [5.41, 5.74) is 1.43. The second-order valence-electron chi connectivity index (χ2n) is 6.03. The third kappa shape index (κ3) is 3.05. The topological polar surface area (TPSA) is 48.3 Å². The van der Waals surface area contributed by atoms with Gasteiger partial charge in [0, 0.05) is 38.6 Å². The van der Waals surface area contributed by atoms with Crippen LogP contribution >= 0.6 is 0 Å². The molecule has 0 amide bonds. The van der Waals surface area contributed by atoms with Gasteiger partial charge in [0.05, 0.1) is 24.4 Å². The number of nitrogens with zero attached hydrogens (tertiary/aromatic N) is 2. The predicted octanol–water partition coefficient (Wildman–Crippen LogP) is 1.89. The molecule has 1 aromatic rings. The maximum atomic E-state index is 5.98. The first kappa shape index (κ1) is 14.0. The maximum absolute atomic E-state index is 5.98. The third-order valence-corrected chi connectivity index (χ3v) is 4.57. The van der Waals surface area contributed by atoms with E-state index in [1.807, 2.05) is 6.20 Å². The van der Waals surface area contributed by atoms with E-state index >= 15 is 0 Å². The molecule has 1 saturated heterocycles. The van der Waals surface area contributed by atoms with E-state index in [9.17, 15) is 0 Å². The van der Waals surface area contributed by atoms with Crippen molar-refractivity contribution >= 4 is 0 Å². The van der Waals surface area contributed by atoms with Crippen LogP contribution in [0.3, 0.4) is 0 Å². The lowest BCUT2D eigenvalue weighted by atomic mass is 9.74. The summed E-state index contributed by atoms with van der Waals surface area (Å²) in [6.07, 6.45) is 10.2. The Hall–Kier alpha value is -0.910. The highest BCUT2D eigenvalue weighted by atomic mass is 16.5. The van der Waals surface area contributed by atoms with Gasteiger partial charge in [0.25, 0.3) is 0 Å². The summed E-state index contributed by atoms with van der Waals surface area (Å²) in [6, 6.07) is 0.511. The van der Waals surface area contributed by atoms with Crippen LogP contribution < -0.4 is 5.32 Å². The molecular weight excluding hydrogens is 254 g/mol. The summed E-state index contributed by atoms with van der Waals surface area (Å²) in [7, 11) is 1.72. The Labute approximate surface area is 120 Å². The van der Waals surface area contributed by atoms with Crippen LogP contribution in [0, 0.1) is 0 Å². The molecule has 112 valence electrons. The fourth-order valence-corrected chi connectivity index (χ4v) is 3.22. The van der Waals surface area contributed by atoms with E-state index in [4.69, 9.17) is 9.47 Å². The van der Waals surface area contributed by atoms with Gasteiger partial charge < -0.3 is 14.8 Å². The molecule has 5 heteroatoms. The summed E-state index contributed by atoms with van der Waals surface area (Å²) in [5, 5.41) is 7.91. The number of ether oxygens (including phenoxy) is 2. The van der Waals surface area contributed by atoms with E-state index in [1.165, 1.54) is 24.8 Å². The SMILES string of the molecule is COCCNCc1cnn(C2CCOC3(CCC3)C2)c1. The van der Waals surface area contributed by atoms with Gasteiger partial charge in [-0.25, -0.2) is 0 Å². The average molecular weight is 279 g/mol. The third-order valence-electron chi connectivity index (χ3n) is 4.57. The van der Waals surface area contributed by atoms with Crippen molar-refractivity contribution in [3.05, 3.63) is 18.0 Å². The number of methoxy groups -OCH3 is 1. The summed E-state index contributed by atoms with van der Waals surface area (Å²) < 4.78 is 13.2. The number of rotatable bonds is 6. The Bertz CT molecular complexity index is 429. The first-order valence-corrected chi connectivity index (χ1v) is 7.68. The van der Waals surface area contributed by atoms with Gasteiger partial charge in [0.2, 0.25) is 0 Å². The Morgan fingerprint density at radius 1 is 1.55 bits per heavy atom. The highest BCUT2D eigenvalue weighted by Gasteiger charge is 2.43. The van der Waals surface area contributed by atoms with Crippen molar-refractivity contribution in [1.29, 1.82) is 0 Å². The molecule has 20 heavy (non-hydrogen) atoms. The van der Waals surface area contributed by atoms with Crippen LogP contribution in [0.1, 0.15) is 43.7 Å². The van der Waals surface area contributed by atoms with Crippen molar-refractivity contribution in [3.8, 4) is 0 Å². The Morgan fingerprint density at radius 3 is 3.20 bits per heavy atom. The van der Waals surface area contributed by atoms with Crippen LogP contribution in [0.25, 0.3) is 0 Å². The minimum absolute atomic E-state index is 0.186. The largest absolute Gasteiger partial charge is 0.383 e. The Balaban J connectivity index is 1.53. The van der Waals surface area contributed by atoms with Crippen molar-refractivity contribution < 1.29 is 9.47 Å². The second kappa shape index (κ2) is 6.24. The molecule has 0 radical (unpaired) electrons. The van der Waals surface area contributed by atoms with E-state index in [0.717, 1.165) is 39.1 Å². The van der Waals surface area contributed by atoms with E-state index in [1.54, 1.807) is 7.11 Å². The van der Waals surface area contributed by atoms with Crippen molar-refractivity contribution in [2.24, 2.45) is 0 Å². The Morgan fingerprint density at radius 2 is 2.45 bits per heavy atom. The number of hydrogen-bond donors (Lipinski definition) is 1. The Kier molecular flexibility index (Phi) is 4.38. The molecule has 2 fully saturated rings. The first-order chi connectivity index (χ1) is 9.81. The molecule has 1 atom stereocenters. The zero-order valence-electron chi connectivity index (χ0n) is 12.3. The molecule has 1 spiro atoms. The summed E-state index contributed by atoms with van der Waals surface area (Å²) in [5.74, 6) is 0. The van der Waals surface area contributed by atoms with E-state index in [2.05, 4.69) is 21.3 Å². The van der Waals surface area contributed by atoms with Gasteiger partial charge in [-0.15, -0.1) is 0 Å². The molecule has 2 heterocycles. The van der Waals surface area contributed by atoms with Gasteiger partial charge in [0.15, 0.2) is 0 Å². The summed E-state index contributed by atoms with van der Waals surface area (Å²) in [4.78, 5) is 0. The van der Waals surface area contributed by atoms with Crippen LogP contribution in [0.5, 0.6) is 0 Å². The van der Waals surface area contributed by atoms with Crippen LogP contribution in [-0.2, 0) is 16.0 Å². The van der Waals surface area contributed by atoms with Crippen LogP contribution in [0.2, 0.25) is 0 Å². The molecule has 5 nitrogen and oxygen atoms in total. The summed E-state index contributed by atoms with van der Waals surface area (Å²) >= 11 is 0. The molecule has 1 N–H and O–H groups in total. The predicted molar refractivity (Wildman–Crippen MR) is 76.6 cm³/mol. The van der Waals surface area contributed by atoms with Crippen molar-refractivity contribution in [2.45, 2.75) is 50.3 Å². The molecule has 1 aliphatic carbocycles. The van der Waals surface area contributed by atoms with Crippen molar-refractivity contribution in [1.82, 2.24) is 15.1 Å². The quantitative estimate of drug-likeness (QED) is 0.808. The molecule has 2 aliphatic rings. The number of hydrogen-bond acceptors (Lipinski definition) is 4. The zero-order valence-corrected chi connectivity index (χ0v) is 12.3. The molecule has 1 unspecified atom stereocenters. The highest BCUT2D eigenvalue weighted by Crippen LogP contribution is 2.45. The first-order valence-electron chi connectivity index (χ1n) is 7.68. The molecule has 1 aromatic heterocycles. The normalized spacial score (nSPS) is 24.8. The minimum Gasteiger partial charge on any atom is -0.383 e. The molecule has 0 bridgehead atoms. The molecule has 1 saturated carbocycles. The lowest BCUT2D eigenvalue weighted by Crippen LogP contribution is -2.46. The molecule has 0 aromatic carbocycles. The van der Waals surface area contributed by atoms with Crippen molar-refractivity contribution in [2.75, 3.05) is 26.9 Å². The summed E-state index contributed by atoms with van der Waals surface area (Å²) in [6.45, 7) is 3.36. The zero-order chi connectivity index (χ0) is 13.8. The van der Waals surface area contributed by atoms with Gasteiger partial charge in [-0.05, 0) is 32.1 Å². The fourth-order valence-electron chi connectivity index (χ4n) is 3.22. The lowest BCUT2D eigenvalue weighted by Gasteiger charge is -2.47. The van der Waals surface area contributed by atoms with Crippen LogP contribution in [0.15, 0.2) is 12.4 Å². The van der Waals surface area contributed by atoms with Gasteiger partial charge >= 0.3 is 0 Å². The van der Waals surface area contributed by atoms with Crippen LogP contribution in [-0.4, -0.2) is 42.2 Å². The average Bonchev–Trinajstić information content (AvgIpc) is 2.91. The van der Waals surface area contributed by atoms with Crippen molar-refractivity contribution in [3.63, 3.8) is 0 Å². The number of nitrogens with one attached hydrogen (secondary N) is 1. The second-order valence-corrected chi connectivity index (χ2v) is 6.03. The maximum Gasteiger partial charge on any atom is 0.0703 e. The standard InChI is InChI=1S/C15H25N3O2/c1-19-8-6-16-10-13-11-17-18(12-13)14-3-7-20-15(9-14)4-2-5-15/h11-12,14,16H,2-10H2,1H3. The van der Waals surface area contributed by atoms with Gasteiger partial charge in [-0.2, -0.15) is 5.10 Å². The van der Waals surface area contributed by atoms with E-state index < -0.39 is 0 Å². The van der Waals surface area contributed by atoms with Gasteiger partial charge in [-0.1, -0.05) is 0 Å². The van der Waals surface area contributed by atoms with E-state index in [-0.39, 0.29) is 5.60 Å². The highest BCUT2D eigenvalue weighted by molar-refractivity contribution is 5.05. The monoisotopic (exact) mass is 279 g/mol. The molecular formula is C15H25N3O2. The fraction of sp³-hybridized carbons (Fsp3) is 0.800. The van der Waals surface area contributed by atoms with Gasteiger partial charge in [0.1, 0.15) is 0 Å². The smallest absolute Gasteiger partial charge is 0.0703 e. The molecule has 3 rings (SSSR count).